The minimum Gasteiger partial charge on any atom is -0.313 e. The summed E-state index contributed by atoms with van der Waals surface area (Å²) in [4.78, 5) is 0. The lowest BCUT2D eigenvalue weighted by Gasteiger charge is -2.41. The van der Waals surface area contributed by atoms with Gasteiger partial charge >= 0.3 is 0 Å². The van der Waals surface area contributed by atoms with Gasteiger partial charge in [0, 0.05) is 11.5 Å². The van der Waals surface area contributed by atoms with Gasteiger partial charge in [0.15, 0.2) is 0 Å². The van der Waals surface area contributed by atoms with E-state index >= 15 is 0 Å². The Labute approximate surface area is 105 Å². The molecule has 2 aliphatic rings. The maximum Gasteiger partial charge on any atom is 0.0164 e. The number of hydrogen-bond donors (Lipinski definition) is 1. The van der Waals surface area contributed by atoms with Crippen molar-refractivity contribution in [2.45, 2.75) is 56.4 Å². The van der Waals surface area contributed by atoms with Crippen molar-refractivity contribution >= 4 is 0 Å². The molecule has 1 N–H and O–H groups in total. The van der Waals surface area contributed by atoms with Gasteiger partial charge in [0.2, 0.25) is 0 Å². The van der Waals surface area contributed by atoms with Gasteiger partial charge in [0.05, 0.1) is 0 Å². The predicted molar refractivity (Wildman–Crippen MR) is 72.2 cm³/mol. The number of rotatable bonds is 2. The Bertz CT molecular complexity index is 345. The molecule has 1 saturated heterocycles. The highest BCUT2D eigenvalue weighted by Gasteiger charge is 2.42. The summed E-state index contributed by atoms with van der Waals surface area (Å²) >= 11 is 0. The average Bonchev–Trinajstić information content (AvgIpc) is 2.91. The Balaban J connectivity index is 1.92. The van der Waals surface area contributed by atoms with E-state index in [1.165, 1.54) is 51.5 Å². The fourth-order valence-electron chi connectivity index (χ4n) is 3.94. The molecule has 0 spiro atoms. The Morgan fingerprint density at radius 3 is 2.35 bits per heavy atom. The molecule has 0 unspecified atom stereocenters. The van der Waals surface area contributed by atoms with Crippen LogP contribution >= 0.6 is 0 Å². The maximum atomic E-state index is 3.80. The molecular weight excluding hydrogens is 206 g/mol. The second-order valence-electron chi connectivity index (χ2n) is 5.73. The van der Waals surface area contributed by atoms with Crippen molar-refractivity contribution in [2.75, 3.05) is 6.54 Å². The quantitative estimate of drug-likeness (QED) is 0.816. The van der Waals surface area contributed by atoms with Crippen LogP contribution in [0, 0.1) is 0 Å². The third-order valence-corrected chi connectivity index (χ3v) is 4.82. The molecule has 3 rings (SSSR count). The van der Waals surface area contributed by atoms with Crippen molar-refractivity contribution in [3.05, 3.63) is 35.9 Å². The van der Waals surface area contributed by atoms with Gasteiger partial charge in [-0.25, -0.2) is 0 Å². The maximum absolute atomic E-state index is 3.80. The minimum absolute atomic E-state index is 0.446. The molecule has 2 fully saturated rings. The molecule has 1 saturated carbocycles. The van der Waals surface area contributed by atoms with Crippen LogP contribution in [-0.2, 0) is 5.41 Å². The van der Waals surface area contributed by atoms with E-state index in [2.05, 4.69) is 35.6 Å². The Hall–Kier alpha value is -0.820. The van der Waals surface area contributed by atoms with E-state index in [-0.39, 0.29) is 0 Å². The molecule has 1 heteroatoms. The number of hydrogen-bond acceptors (Lipinski definition) is 1. The molecule has 0 aromatic heterocycles. The summed E-state index contributed by atoms with van der Waals surface area (Å²) < 4.78 is 0. The second-order valence-corrected chi connectivity index (χ2v) is 5.73. The van der Waals surface area contributed by atoms with Gasteiger partial charge in [0.25, 0.3) is 0 Å². The zero-order chi connectivity index (χ0) is 11.6. The summed E-state index contributed by atoms with van der Waals surface area (Å²) in [5.41, 5.74) is 2.03. The monoisotopic (exact) mass is 229 g/mol. The first-order chi connectivity index (χ1) is 8.42. The summed E-state index contributed by atoms with van der Waals surface area (Å²) in [7, 11) is 0. The molecule has 1 aromatic rings. The standard InChI is InChI=1S/C16H23N/c1-2-8-14(9-3-1)16(11-5-6-12-16)15-10-4-7-13-17-15/h1-3,8-9,15,17H,4-7,10-13H2/t15-/m1/s1. The molecule has 0 bridgehead atoms. The van der Waals surface area contributed by atoms with Crippen LogP contribution in [0.1, 0.15) is 50.5 Å². The van der Waals surface area contributed by atoms with Crippen molar-refractivity contribution in [2.24, 2.45) is 0 Å². The molecule has 1 aromatic carbocycles. The van der Waals surface area contributed by atoms with Crippen molar-refractivity contribution in [3.63, 3.8) is 0 Å². The highest BCUT2D eigenvalue weighted by Crippen LogP contribution is 2.45. The first-order valence-electron chi connectivity index (χ1n) is 7.21. The van der Waals surface area contributed by atoms with Gasteiger partial charge in [-0.05, 0) is 37.8 Å². The normalized spacial score (nSPS) is 28.1. The number of piperidine rings is 1. The second kappa shape index (κ2) is 4.81. The Morgan fingerprint density at radius 1 is 0.941 bits per heavy atom. The lowest BCUT2D eigenvalue weighted by atomic mass is 9.70. The van der Waals surface area contributed by atoms with E-state index in [0.29, 0.717) is 5.41 Å². The van der Waals surface area contributed by atoms with E-state index in [9.17, 15) is 0 Å². The average molecular weight is 229 g/mol. The molecule has 1 nitrogen and oxygen atoms in total. The highest BCUT2D eigenvalue weighted by molar-refractivity contribution is 5.29. The van der Waals surface area contributed by atoms with Gasteiger partial charge in [-0.1, -0.05) is 49.6 Å². The summed E-state index contributed by atoms with van der Waals surface area (Å²) in [6, 6.07) is 12.0. The van der Waals surface area contributed by atoms with E-state index in [0.717, 1.165) is 6.04 Å². The van der Waals surface area contributed by atoms with Gasteiger partial charge in [0.1, 0.15) is 0 Å². The molecule has 92 valence electrons. The van der Waals surface area contributed by atoms with Crippen molar-refractivity contribution in [3.8, 4) is 0 Å². The number of benzene rings is 1. The van der Waals surface area contributed by atoms with E-state index < -0.39 is 0 Å². The molecular formula is C16H23N. The van der Waals surface area contributed by atoms with Crippen molar-refractivity contribution in [1.29, 1.82) is 0 Å². The third kappa shape index (κ3) is 2.01. The Morgan fingerprint density at radius 2 is 1.71 bits per heavy atom. The number of nitrogens with one attached hydrogen (secondary N) is 1. The first kappa shape index (κ1) is 11.3. The zero-order valence-electron chi connectivity index (χ0n) is 10.6. The molecule has 1 atom stereocenters. The van der Waals surface area contributed by atoms with Gasteiger partial charge < -0.3 is 5.32 Å². The highest BCUT2D eigenvalue weighted by atomic mass is 14.9. The fourth-order valence-corrected chi connectivity index (χ4v) is 3.94. The first-order valence-corrected chi connectivity index (χ1v) is 7.21. The van der Waals surface area contributed by atoms with Crippen LogP contribution in [0.25, 0.3) is 0 Å². The minimum atomic E-state index is 0.446. The van der Waals surface area contributed by atoms with E-state index in [1.54, 1.807) is 5.56 Å². The topological polar surface area (TPSA) is 12.0 Å². The van der Waals surface area contributed by atoms with Crippen LogP contribution in [0.2, 0.25) is 0 Å². The summed E-state index contributed by atoms with van der Waals surface area (Å²) in [6.07, 6.45) is 9.73. The lowest BCUT2D eigenvalue weighted by molar-refractivity contribution is 0.250. The third-order valence-electron chi connectivity index (χ3n) is 4.82. The van der Waals surface area contributed by atoms with Crippen LogP contribution in [0.15, 0.2) is 30.3 Å². The zero-order valence-corrected chi connectivity index (χ0v) is 10.6. The van der Waals surface area contributed by atoms with E-state index in [4.69, 9.17) is 0 Å². The lowest BCUT2D eigenvalue weighted by Crippen LogP contribution is -2.49. The van der Waals surface area contributed by atoms with Crippen LogP contribution in [0.3, 0.4) is 0 Å². The van der Waals surface area contributed by atoms with Crippen LogP contribution in [-0.4, -0.2) is 12.6 Å². The van der Waals surface area contributed by atoms with Crippen LogP contribution < -0.4 is 5.32 Å². The molecule has 0 amide bonds. The summed E-state index contributed by atoms with van der Waals surface area (Å²) in [5, 5.41) is 3.80. The summed E-state index contributed by atoms with van der Waals surface area (Å²) in [5.74, 6) is 0. The molecule has 1 aliphatic heterocycles. The van der Waals surface area contributed by atoms with Gasteiger partial charge in [-0.15, -0.1) is 0 Å². The molecule has 0 radical (unpaired) electrons. The summed E-state index contributed by atoms with van der Waals surface area (Å²) in [6.45, 7) is 1.22. The molecule has 1 heterocycles. The van der Waals surface area contributed by atoms with Crippen molar-refractivity contribution in [1.82, 2.24) is 5.32 Å². The van der Waals surface area contributed by atoms with Gasteiger partial charge in [-0.2, -0.15) is 0 Å². The smallest absolute Gasteiger partial charge is 0.0164 e. The fraction of sp³-hybridized carbons (Fsp3) is 0.625. The van der Waals surface area contributed by atoms with Crippen LogP contribution in [0.5, 0.6) is 0 Å². The SMILES string of the molecule is c1ccc(C2([C@H]3CCCCN3)CCCC2)cc1. The predicted octanol–water partition coefficient (Wildman–Crippen LogP) is 3.64. The molecule has 1 aliphatic carbocycles. The van der Waals surface area contributed by atoms with Crippen LogP contribution in [0.4, 0.5) is 0 Å². The molecule has 17 heavy (non-hydrogen) atoms. The Kier molecular flexibility index (Phi) is 3.19. The van der Waals surface area contributed by atoms with Gasteiger partial charge in [-0.3, -0.25) is 0 Å². The van der Waals surface area contributed by atoms with E-state index in [1.807, 2.05) is 0 Å². The van der Waals surface area contributed by atoms with Crippen molar-refractivity contribution < 1.29 is 0 Å². The largest absolute Gasteiger partial charge is 0.313 e.